The number of hydrogen-bond donors (Lipinski definition) is 1. The number of benzene rings is 1. The molecule has 1 N–H and O–H groups in total. The van der Waals surface area contributed by atoms with Gasteiger partial charge in [-0.1, -0.05) is 13.8 Å². The molecule has 0 bridgehead atoms. The molecule has 1 aromatic heterocycles. The summed E-state index contributed by atoms with van der Waals surface area (Å²) in [5, 5.41) is 10.4. The van der Waals surface area contributed by atoms with Crippen LogP contribution in [0.3, 0.4) is 0 Å². The topological polar surface area (TPSA) is 25.2 Å². The molecule has 1 atom stereocenters. The van der Waals surface area contributed by atoms with Crippen molar-refractivity contribution < 1.29 is 9.50 Å². The highest BCUT2D eigenvalue weighted by molar-refractivity contribution is 9.10. The predicted molar refractivity (Wildman–Crippen MR) is 85.2 cm³/mol. The van der Waals surface area contributed by atoms with Gasteiger partial charge in [0.05, 0.1) is 11.8 Å². The number of aliphatic hydroxyl groups excluding tert-OH is 1. The van der Waals surface area contributed by atoms with E-state index in [9.17, 15) is 9.50 Å². The SMILES string of the molecule is Cc1cc2c(n1-c1ccc(F)cc1Br)CC(C)(C)CC2O. The van der Waals surface area contributed by atoms with E-state index >= 15 is 0 Å². The van der Waals surface area contributed by atoms with E-state index in [2.05, 4.69) is 34.3 Å². The lowest BCUT2D eigenvalue weighted by molar-refractivity contribution is 0.0987. The average Bonchev–Trinajstić information content (AvgIpc) is 2.65. The molecular formula is C17H19BrFNO. The van der Waals surface area contributed by atoms with Crippen LogP contribution in [0.5, 0.6) is 0 Å². The summed E-state index contributed by atoms with van der Waals surface area (Å²) >= 11 is 3.45. The molecule has 2 nitrogen and oxygen atoms in total. The summed E-state index contributed by atoms with van der Waals surface area (Å²) in [5.74, 6) is -0.260. The zero-order valence-electron chi connectivity index (χ0n) is 12.5. The first-order chi connectivity index (χ1) is 9.78. The van der Waals surface area contributed by atoms with Gasteiger partial charge in [-0.15, -0.1) is 0 Å². The Labute approximate surface area is 132 Å². The second-order valence-electron chi connectivity index (χ2n) is 6.68. The first kappa shape index (κ1) is 14.8. The molecule has 1 aliphatic rings. The van der Waals surface area contributed by atoms with Gasteiger partial charge in [-0.05, 0) is 65.4 Å². The Bertz CT molecular complexity index is 705. The van der Waals surface area contributed by atoms with Crippen LogP contribution in [-0.4, -0.2) is 9.67 Å². The Morgan fingerprint density at radius 1 is 1.33 bits per heavy atom. The predicted octanol–water partition coefficient (Wildman–Crippen LogP) is 4.69. The molecule has 21 heavy (non-hydrogen) atoms. The molecule has 1 aromatic carbocycles. The Hall–Kier alpha value is -1.13. The first-order valence-electron chi connectivity index (χ1n) is 7.13. The quantitative estimate of drug-likeness (QED) is 0.791. The fourth-order valence-corrected chi connectivity index (χ4v) is 3.87. The fourth-order valence-electron chi connectivity index (χ4n) is 3.34. The van der Waals surface area contributed by atoms with Crippen molar-refractivity contribution in [2.45, 2.75) is 39.7 Å². The second-order valence-corrected chi connectivity index (χ2v) is 7.53. The van der Waals surface area contributed by atoms with E-state index in [4.69, 9.17) is 0 Å². The lowest BCUT2D eigenvalue weighted by atomic mass is 9.75. The number of aryl methyl sites for hydroxylation is 1. The van der Waals surface area contributed by atoms with Crippen LogP contribution in [0, 0.1) is 18.2 Å². The van der Waals surface area contributed by atoms with E-state index in [-0.39, 0.29) is 11.2 Å². The van der Waals surface area contributed by atoms with Crippen molar-refractivity contribution in [1.82, 2.24) is 4.57 Å². The van der Waals surface area contributed by atoms with E-state index in [1.807, 2.05) is 13.0 Å². The number of fused-ring (bicyclic) bond motifs is 1. The summed E-state index contributed by atoms with van der Waals surface area (Å²) in [6, 6.07) is 6.77. The highest BCUT2D eigenvalue weighted by atomic mass is 79.9. The number of rotatable bonds is 1. The van der Waals surface area contributed by atoms with Crippen LogP contribution in [-0.2, 0) is 6.42 Å². The minimum atomic E-state index is -0.428. The van der Waals surface area contributed by atoms with Gasteiger partial charge in [0.2, 0.25) is 0 Å². The van der Waals surface area contributed by atoms with E-state index in [1.54, 1.807) is 6.07 Å². The minimum absolute atomic E-state index is 0.0570. The Balaban J connectivity index is 2.21. The lowest BCUT2D eigenvalue weighted by Crippen LogP contribution is -2.26. The molecule has 0 fully saturated rings. The third-order valence-corrected chi connectivity index (χ3v) is 4.86. The third-order valence-electron chi connectivity index (χ3n) is 4.22. The highest BCUT2D eigenvalue weighted by Crippen LogP contribution is 2.43. The maximum Gasteiger partial charge on any atom is 0.124 e. The molecule has 0 radical (unpaired) electrons. The summed E-state index contributed by atoms with van der Waals surface area (Å²) in [6.07, 6.45) is 1.24. The van der Waals surface area contributed by atoms with Gasteiger partial charge in [-0.25, -0.2) is 4.39 Å². The summed E-state index contributed by atoms with van der Waals surface area (Å²) in [7, 11) is 0. The molecule has 1 heterocycles. The van der Waals surface area contributed by atoms with Crippen molar-refractivity contribution in [2.24, 2.45) is 5.41 Å². The van der Waals surface area contributed by atoms with Crippen LogP contribution in [0.1, 0.15) is 43.3 Å². The smallest absolute Gasteiger partial charge is 0.124 e. The molecule has 0 spiro atoms. The van der Waals surface area contributed by atoms with Crippen molar-refractivity contribution in [1.29, 1.82) is 0 Å². The van der Waals surface area contributed by atoms with Crippen LogP contribution < -0.4 is 0 Å². The average molecular weight is 352 g/mol. The highest BCUT2D eigenvalue weighted by Gasteiger charge is 2.34. The van der Waals surface area contributed by atoms with E-state index in [1.165, 1.54) is 12.1 Å². The standard InChI is InChI=1S/C17H19BrFNO/c1-10-6-12-15(8-17(2,3)9-16(12)21)20(10)14-5-4-11(19)7-13(14)18/h4-7,16,21H,8-9H2,1-3H3. The summed E-state index contributed by atoms with van der Waals surface area (Å²) < 4.78 is 16.2. The molecule has 2 aromatic rings. The van der Waals surface area contributed by atoms with Gasteiger partial charge < -0.3 is 9.67 Å². The Kier molecular flexibility index (Phi) is 3.49. The van der Waals surface area contributed by atoms with Gasteiger partial charge in [0.15, 0.2) is 0 Å². The number of hydrogen-bond acceptors (Lipinski definition) is 1. The van der Waals surface area contributed by atoms with E-state index in [0.29, 0.717) is 0 Å². The molecule has 1 unspecified atom stereocenters. The monoisotopic (exact) mass is 351 g/mol. The van der Waals surface area contributed by atoms with Crippen molar-refractivity contribution in [3.05, 3.63) is 51.5 Å². The van der Waals surface area contributed by atoms with Crippen LogP contribution in [0.4, 0.5) is 4.39 Å². The minimum Gasteiger partial charge on any atom is -0.388 e. The van der Waals surface area contributed by atoms with Gasteiger partial charge >= 0.3 is 0 Å². The summed E-state index contributed by atoms with van der Waals surface area (Å²) in [4.78, 5) is 0. The van der Waals surface area contributed by atoms with Crippen LogP contribution in [0.2, 0.25) is 0 Å². The number of halogens is 2. The molecule has 0 saturated heterocycles. The van der Waals surface area contributed by atoms with Gasteiger partial charge in [-0.3, -0.25) is 0 Å². The number of nitrogens with zero attached hydrogens (tertiary/aromatic N) is 1. The normalized spacial score (nSPS) is 20.4. The number of aliphatic hydroxyl groups is 1. The molecule has 0 amide bonds. The zero-order chi connectivity index (χ0) is 15.4. The molecule has 1 aliphatic carbocycles. The summed E-state index contributed by atoms with van der Waals surface area (Å²) in [6.45, 7) is 6.37. The molecule has 4 heteroatoms. The lowest BCUT2D eigenvalue weighted by Gasteiger charge is -2.34. The molecule has 0 aliphatic heterocycles. The van der Waals surface area contributed by atoms with Gasteiger partial charge in [0.25, 0.3) is 0 Å². The summed E-state index contributed by atoms with van der Waals surface area (Å²) in [5.41, 5.74) is 4.16. The molecule has 3 rings (SSSR count). The van der Waals surface area contributed by atoms with Gasteiger partial charge in [-0.2, -0.15) is 0 Å². The van der Waals surface area contributed by atoms with Crippen LogP contribution >= 0.6 is 15.9 Å². The maximum absolute atomic E-state index is 13.3. The van der Waals surface area contributed by atoms with Crippen LogP contribution in [0.15, 0.2) is 28.7 Å². The largest absolute Gasteiger partial charge is 0.388 e. The zero-order valence-corrected chi connectivity index (χ0v) is 14.0. The first-order valence-corrected chi connectivity index (χ1v) is 7.92. The van der Waals surface area contributed by atoms with E-state index < -0.39 is 6.10 Å². The van der Waals surface area contributed by atoms with Gasteiger partial charge in [0.1, 0.15) is 5.82 Å². The van der Waals surface area contributed by atoms with E-state index in [0.717, 1.165) is 40.0 Å². The Morgan fingerprint density at radius 2 is 2.05 bits per heavy atom. The van der Waals surface area contributed by atoms with Crippen molar-refractivity contribution in [2.75, 3.05) is 0 Å². The van der Waals surface area contributed by atoms with Gasteiger partial charge in [0, 0.05) is 21.4 Å². The molecule has 112 valence electrons. The molecule has 0 saturated carbocycles. The third kappa shape index (κ3) is 2.55. The van der Waals surface area contributed by atoms with Crippen LogP contribution in [0.25, 0.3) is 5.69 Å². The maximum atomic E-state index is 13.3. The van der Waals surface area contributed by atoms with Crippen molar-refractivity contribution >= 4 is 15.9 Å². The fraction of sp³-hybridized carbons (Fsp3) is 0.412. The number of aromatic nitrogens is 1. The van der Waals surface area contributed by atoms with Crippen molar-refractivity contribution in [3.8, 4) is 5.69 Å². The second kappa shape index (κ2) is 4.96. The molecular weight excluding hydrogens is 333 g/mol. The Morgan fingerprint density at radius 3 is 2.71 bits per heavy atom. The van der Waals surface area contributed by atoms with Crippen molar-refractivity contribution in [3.63, 3.8) is 0 Å².